The van der Waals surface area contributed by atoms with Gasteiger partial charge >= 0.3 is 0 Å². The molecule has 2 saturated heterocycles. The molecule has 0 radical (unpaired) electrons. The Labute approximate surface area is 151 Å². The second-order valence-corrected chi connectivity index (χ2v) is 10.1. The van der Waals surface area contributed by atoms with Crippen molar-refractivity contribution in [1.82, 2.24) is 4.31 Å². The number of hydrogen-bond acceptors (Lipinski definition) is 4. The molecule has 4 rings (SSSR count). The average molecular weight is 377 g/mol. The molecule has 2 aromatic rings. The van der Waals surface area contributed by atoms with Crippen molar-refractivity contribution in [1.29, 1.82) is 0 Å². The van der Waals surface area contributed by atoms with Gasteiger partial charge in [0.2, 0.25) is 5.91 Å². The van der Waals surface area contributed by atoms with Gasteiger partial charge in [-0.3, -0.25) is 4.79 Å². The van der Waals surface area contributed by atoms with Crippen LogP contribution in [0.15, 0.2) is 46.0 Å². The van der Waals surface area contributed by atoms with E-state index in [2.05, 4.69) is 0 Å². The second kappa shape index (κ2) is 5.93. The molecule has 2 aliphatic rings. The molecule has 1 atom stereocenters. The van der Waals surface area contributed by atoms with Crippen molar-refractivity contribution >= 4 is 33.0 Å². The van der Waals surface area contributed by atoms with Crippen LogP contribution in [0.25, 0.3) is 0 Å². The number of hydrogen-bond donors (Lipinski definition) is 0. The molecule has 0 aliphatic carbocycles. The highest BCUT2D eigenvalue weighted by Crippen LogP contribution is 2.44. The lowest BCUT2D eigenvalue weighted by atomic mass is 9.86. The van der Waals surface area contributed by atoms with Crippen LogP contribution in [0.2, 0.25) is 0 Å². The maximum atomic E-state index is 12.8. The maximum absolute atomic E-state index is 12.8. The van der Waals surface area contributed by atoms with Gasteiger partial charge in [-0.1, -0.05) is 24.3 Å². The van der Waals surface area contributed by atoms with Gasteiger partial charge in [0.1, 0.15) is 4.21 Å². The van der Waals surface area contributed by atoms with Gasteiger partial charge in [0, 0.05) is 37.2 Å². The van der Waals surface area contributed by atoms with E-state index in [1.807, 2.05) is 36.1 Å². The van der Waals surface area contributed by atoms with Crippen LogP contribution in [0.4, 0.5) is 5.69 Å². The Kier molecular flexibility index (Phi) is 3.97. The highest BCUT2D eigenvalue weighted by Gasteiger charge is 2.50. The molecular formula is C18H20N2O3S2. The number of nitrogens with zero attached hydrogens (tertiary/aromatic N) is 2. The minimum Gasteiger partial charge on any atom is -0.312 e. The SMILES string of the molecule is Cc1ccccc1N1C[C@@]2(CCN(S(=O)(=O)c3cccs3)C2)CC1=O. The third kappa shape index (κ3) is 2.80. The van der Waals surface area contributed by atoms with E-state index in [1.165, 1.54) is 11.3 Å². The molecule has 0 saturated carbocycles. The first-order chi connectivity index (χ1) is 11.9. The Morgan fingerprint density at radius 3 is 2.64 bits per heavy atom. The van der Waals surface area contributed by atoms with Crippen LogP contribution in [0.5, 0.6) is 0 Å². The number of para-hydroxylation sites is 1. The fourth-order valence-electron chi connectivity index (χ4n) is 3.89. The topological polar surface area (TPSA) is 57.7 Å². The van der Waals surface area contributed by atoms with Gasteiger partial charge in [-0.15, -0.1) is 11.3 Å². The third-order valence-corrected chi connectivity index (χ3v) is 8.44. The number of carbonyl (C=O) groups is 1. The van der Waals surface area contributed by atoms with Crippen molar-refractivity contribution in [2.75, 3.05) is 24.5 Å². The minimum absolute atomic E-state index is 0.0877. The molecule has 7 heteroatoms. The largest absolute Gasteiger partial charge is 0.312 e. The summed E-state index contributed by atoms with van der Waals surface area (Å²) in [6, 6.07) is 11.2. The summed E-state index contributed by atoms with van der Waals surface area (Å²) < 4.78 is 27.4. The molecule has 132 valence electrons. The quantitative estimate of drug-likeness (QED) is 0.828. The van der Waals surface area contributed by atoms with Crippen molar-refractivity contribution in [2.24, 2.45) is 5.41 Å². The molecule has 1 amide bonds. The molecule has 0 bridgehead atoms. The number of rotatable bonds is 3. The number of amides is 1. The molecule has 0 N–H and O–H groups in total. The van der Waals surface area contributed by atoms with Crippen LogP contribution < -0.4 is 4.90 Å². The smallest absolute Gasteiger partial charge is 0.252 e. The molecule has 5 nitrogen and oxygen atoms in total. The molecule has 2 fully saturated rings. The average Bonchev–Trinajstić information content (AvgIpc) is 3.30. The van der Waals surface area contributed by atoms with Crippen LogP contribution >= 0.6 is 11.3 Å². The number of carbonyl (C=O) groups excluding carboxylic acids is 1. The number of benzene rings is 1. The lowest BCUT2D eigenvalue weighted by molar-refractivity contribution is -0.117. The van der Waals surface area contributed by atoms with Gasteiger partial charge in [-0.25, -0.2) is 8.42 Å². The standard InChI is InChI=1S/C18H20N2O3S2/c1-14-5-2-3-6-15(14)20-13-18(11-16(20)21)8-9-19(12-18)25(22,23)17-7-4-10-24-17/h2-7,10H,8-9,11-13H2,1H3/t18-/m0/s1. The van der Waals surface area contributed by atoms with Crippen molar-refractivity contribution in [3.05, 3.63) is 47.3 Å². The number of sulfonamides is 1. The van der Waals surface area contributed by atoms with Gasteiger partial charge < -0.3 is 4.90 Å². The molecule has 1 aromatic carbocycles. The number of aryl methyl sites for hydroxylation is 1. The molecule has 1 aromatic heterocycles. The van der Waals surface area contributed by atoms with Crippen LogP contribution in [-0.2, 0) is 14.8 Å². The predicted octanol–water partition coefficient (Wildman–Crippen LogP) is 2.87. The molecule has 2 aliphatic heterocycles. The van der Waals surface area contributed by atoms with E-state index in [0.717, 1.165) is 17.7 Å². The summed E-state index contributed by atoms with van der Waals surface area (Å²) in [6.07, 6.45) is 1.14. The zero-order valence-electron chi connectivity index (χ0n) is 14.0. The Hall–Kier alpha value is -1.70. The summed E-state index contributed by atoms with van der Waals surface area (Å²) in [4.78, 5) is 14.5. The fraction of sp³-hybridized carbons (Fsp3) is 0.389. The lowest BCUT2D eigenvalue weighted by Crippen LogP contribution is -2.34. The van der Waals surface area contributed by atoms with Crippen LogP contribution in [-0.4, -0.2) is 38.3 Å². The molecule has 1 spiro atoms. The van der Waals surface area contributed by atoms with E-state index >= 15 is 0 Å². The molecule has 25 heavy (non-hydrogen) atoms. The lowest BCUT2D eigenvalue weighted by Gasteiger charge is -2.24. The van der Waals surface area contributed by atoms with Crippen molar-refractivity contribution in [3.8, 4) is 0 Å². The minimum atomic E-state index is -3.44. The summed E-state index contributed by atoms with van der Waals surface area (Å²) in [5.41, 5.74) is 1.72. The highest BCUT2D eigenvalue weighted by molar-refractivity contribution is 7.91. The van der Waals surface area contributed by atoms with Gasteiger partial charge in [0.25, 0.3) is 10.0 Å². The highest BCUT2D eigenvalue weighted by atomic mass is 32.2. The molecule has 3 heterocycles. The van der Waals surface area contributed by atoms with Crippen LogP contribution in [0.3, 0.4) is 0 Å². The zero-order chi connectivity index (χ0) is 17.7. The first-order valence-corrected chi connectivity index (χ1v) is 10.6. The molecular weight excluding hydrogens is 356 g/mol. The summed E-state index contributed by atoms with van der Waals surface area (Å²) in [5, 5.41) is 1.78. The zero-order valence-corrected chi connectivity index (χ0v) is 15.6. The summed E-state index contributed by atoms with van der Waals surface area (Å²) in [6.45, 7) is 3.49. The number of anilines is 1. The Morgan fingerprint density at radius 2 is 1.92 bits per heavy atom. The van der Waals surface area contributed by atoms with Gasteiger partial charge in [-0.05, 0) is 36.4 Å². The Morgan fingerprint density at radius 1 is 1.12 bits per heavy atom. The van der Waals surface area contributed by atoms with E-state index in [-0.39, 0.29) is 11.3 Å². The van der Waals surface area contributed by atoms with Crippen molar-refractivity contribution in [3.63, 3.8) is 0 Å². The predicted molar refractivity (Wildman–Crippen MR) is 98.3 cm³/mol. The molecule has 0 unspecified atom stereocenters. The Bertz CT molecular complexity index is 908. The van der Waals surface area contributed by atoms with E-state index in [9.17, 15) is 13.2 Å². The fourth-order valence-corrected chi connectivity index (χ4v) is 6.59. The van der Waals surface area contributed by atoms with E-state index < -0.39 is 10.0 Å². The van der Waals surface area contributed by atoms with E-state index in [0.29, 0.717) is 30.3 Å². The normalized spacial score (nSPS) is 24.5. The maximum Gasteiger partial charge on any atom is 0.252 e. The first-order valence-electron chi connectivity index (χ1n) is 8.31. The summed E-state index contributed by atoms with van der Waals surface area (Å²) in [7, 11) is -3.44. The van der Waals surface area contributed by atoms with Gasteiger partial charge in [0.15, 0.2) is 0 Å². The summed E-state index contributed by atoms with van der Waals surface area (Å²) >= 11 is 1.24. The number of thiophene rings is 1. The van der Waals surface area contributed by atoms with E-state index in [1.54, 1.807) is 21.8 Å². The van der Waals surface area contributed by atoms with Crippen LogP contribution in [0.1, 0.15) is 18.4 Å². The second-order valence-electron chi connectivity index (χ2n) is 6.96. The van der Waals surface area contributed by atoms with Gasteiger partial charge in [0.05, 0.1) is 0 Å². The van der Waals surface area contributed by atoms with E-state index in [4.69, 9.17) is 0 Å². The van der Waals surface area contributed by atoms with Crippen molar-refractivity contribution < 1.29 is 13.2 Å². The Balaban J connectivity index is 1.57. The monoisotopic (exact) mass is 376 g/mol. The summed E-state index contributed by atoms with van der Waals surface area (Å²) in [5.74, 6) is 0.0877. The first kappa shape index (κ1) is 16.8. The van der Waals surface area contributed by atoms with Crippen LogP contribution in [0, 0.1) is 12.3 Å². The third-order valence-electron chi connectivity index (χ3n) is 5.22. The van der Waals surface area contributed by atoms with Crippen molar-refractivity contribution in [2.45, 2.75) is 24.0 Å². The van der Waals surface area contributed by atoms with Gasteiger partial charge in [-0.2, -0.15) is 4.31 Å².